The van der Waals surface area contributed by atoms with Crippen LogP contribution in [0.5, 0.6) is 0 Å². The first kappa shape index (κ1) is 21.0. The zero-order valence-electron chi connectivity index (χ0n) is 16.9. The molecule has 5 nitrogen and oxygen atoms in total. The summed E-state index contributed by atoms with van der Waals surface area (Å²) in [5.74, 6) is 0. The Morgan fingerprint density at radius 1 is 1.13 bits per heavy atom. The summed E-state index contributed by atoms with van der Waals surface area (Å²) in [6.45, 7) is 4.68. The molecule has 0 aliphatic carbocycles. The number of fused-ring (bicyclic) bond motifs is 1. The number of aryl methyl sites for hydroxylation is 1. The second-order valence-electron chi connectivity index (χ2n) is 7.53. The summed E-state index contributed by atoms with van der Waals surface area (Å²) < 4.78 is 7.38. The molecule has 0 atom stereocenters. The number of morpholine rings is 1. The summed E-state index contributed by atoms with van der Waals surface area (Å²) in [5.41, 5.74) is 3.54. The summed E-state index contributed by atoms with van der Waals surface area (Å²) in [6, 6.07) is 13.7. The van der Waals surface area contributed by atoms with Gasteiger partial charge in [-0.3, -0.25) is 9.69 Å². The van der Waals surface area contributed by atoms with Gasteiger partial charge in [-0.05, 0) is 35.4 Å². The lowest BCUT2D eigenvalue weighted by atomic mass is 10.1. The molecule has 0 amide bonds. The van der Waals surface area contributed by atoms with Crippen LogP contribution in [-0.4, -0.2) is 40.8 Å². The zero-order chi connectivity index (χ0) is 21.1. The highest BCUT2D eigenvalue weighted by molar-refractivity contribution is 7.80. The highest BCUT2D eigenvalue weighted by Crippen LogP contribution is 2.16. The number of aromatic nitrogens is 1. The highest BCUT2D eigenvalue weighted by Gasteiger charge is 2.14. The fraction of sp³-hybridized carbons (Fsp3) is 0.304. The summed E-state index contributed by atoms with van der Waals surface area (Å²) in [7, 11) is 1.94. The lowest BCUT2D eigenvalue weighted by molar-refractivity contribution is 0.0342. The second-order valence-corrected chi connectivity index (χ2v) is 8.38. The Hall–Kier alpha value is -2.25. The van der Waals surface area contributed by atoms with Crippen molar-refractivity contribution in [3.63, 3.8) is 0 Å². The van der Waals surface area contributed by atoms with E-state index in [2.05, 4.69) is 16.3 Å². The monoisotopic (exact) mass is 441 g/mol. The largest absolute Gasteiger partial charge is 0.379 e. The number of nitrogens with one attached hydrogen (secondary N) is 1. The molecule has 0 bridgehead atoms. The Balaban J connectivity index is 1.58. The summed E-state index contributed by atoms with van der Waals surface area (Å²) in [5, 5.41) is 4.58. The van der Waals surface area contributed by atoms with E-state index in [1.54, 1.807) is 0 Å². The smallest absolute Gasteiger partial charge is 0.199 e. The number of nitrogens with zero attached hydrogens (tertiary/aromatic N) is 2. The predicted octanol–water partition coefficient (Wildman–Crippen LogP) is 3.49. The standard InChI is InChI=1S/C23H24ClN3O2S/c1-26-15-20(23(30)25-13-16-2-5-18(24)6-3-16)22(28)19-12-17(4-7-21(19)26)14-27-8-10-29-11-9-27/h2-7,12,15H,8-11,13-14H2,1H3,(H,25,30). The molecular formula is C23H24ClN3O2S. The van der Waals surface area contributed by atoms with Gasteiger partial charge in [0.15, 0.2) is 5.43 Å². The Bertz CT molecular complexity index is 1120. The van der Waals surface area contributed by atoms with E-state index < -0.39 is 0 Å². The van der Waals surface area contributed by atoms with Gasteiger partial charge in [-0.25, -0.2) is 0 Å². The number of halogens is 1. The Morgan fingerprint density at radius 3 is 2.57 bits per heavy atom. The quantitative estimate of drug-likeness (QED) is 0.614. The van der Waals surface area contributed by atoms with Crippen LogP contribution in [0.15, 0.2) is 53.5 Å². The van der Waals surface area contributed by atoms with Gasteiger partial charge in [0.1, 0.15) is 4.99 Å². The fourth-order valence-electron chi connectivity index (χ4n) is 3.70. The molecule has 1 aliphatic rings. The van der Waals surface area contributed by atoms with E-state index in [0.29, 0.717) is 27.5 Å². The van der Waals surface area contributed by atoms with Crippen LogP contribution in [0.4, 0.5) is 0 Å². The molecule has 30 heavy (non-hydrogen) atoms. The van der Waals surface area contributed by atoms with E-state index in [1.807, 2.05) is 54.2 Å². The Kier molecular flexibility index (Phi) is 6.49. The number of benzene rings is 2. The zero-order valence-corrected chi connectivity index (χ0v) is 18.4. The van der Waals surface area contributed by atoms with Crippen molar-refractivity contribution in [3.05, 3.63) is 80.6 Å². The lowest BCUT2D eigenvalue weighted by Crippen LogP contribution is -2.35. The number of rotatable bonds is 5. The van der Waals surface area contributed by atoms with Gasteiger partial charge in [-0.15, -0.1) is 0 Å². The molecule has 1 saturated heterocycles. The van der Waals surface area contributed by atoms with Crippen LogP contribution < -0.4 is 10.7 Å². The van der Waals surface area contributed by atoms with Crippen LogP contribution in [0, 0.1) is 0 Å². The van der Waals surface area contributed by atoms with E-state index in [-0.39, 0.29) is 5.43 Å². The van der Waals surface area contributed by atoms with Crippen LogP contribution in [0.3, 0.4) is 0 Å². The van der Waals surface area contributed by atoms with E-state index >= 15 is 0 Å². The molecule has 4 rings (SSSR count). The minimum Gasteiger partial charge on any atom is -0.379 e. The molecule has 3 aromatic rings. The molecule has 1 fully saturated rings. The molecule has 2 heterocycles. The summed E-state index contributed by atoms with van der Waals surface area (Å²) in [6.07, 6.45) is 1.81. The fourth-order valence-corrected chi connectivity index (χ4v) is 4.04. The van der Waals surface area contributed by atoms with Gasteiger partial charge < -0.3 is 14.6 Å². The average molecular weight is 442 g/mol. The SMILES string of the molecule is Cn1cc(C(=S)NCc2ccc(Cl)cc2)c(=O)c2cc(CN3CCOCC3)ccc21. The van der Waals surface area contributed by atoms with Crippen molar-refractivity contribution in [2.75, 3.05) is 26.3 Å². The lowest BCUT2D eigenvalue weighted by Gasteiger charge is -2.26. The van der Waals surface area contributed by atoms with Crippen molar-refractivity contribution in [2.24, 2.45) is 7.05 Å². The number of pyridine rings is 1. The van der Waals surface area contributed by atoms with Crippen LogP contribution >= 0.6 is 23.8 Å². The Labute approximate surface area is 186 Å². The molecule has 1 aromatic heterocycles. The van der Waals surface area contributed by atoms with Gasteiger partial charge in [0.05, 0.1) is 24.3 Å². The molecule has 1 N–H and O–H groups in total. The number of ether oxygens (including phenoxy) is 1. The molecule has 0 saturated carbocycles. The molecular weight excluding hydrogens is 418 g/mol. The third kappa shape index (κ3) is 4.73. The number of thiocarbonyl (C=S) groups is 1. The van der Waals surface area contributed by atoms with E-state index in [1.165, 1.54) is 0 Å². The maximum Gasteiger partial charge on any atom is 0.199 e. The van der Waals surface area contributed by atoms with Crippen LogP contribution in [-0.2, 0) is 24.9 Å². The topological polar surface area (TPSA) is 46.5 Å². The van der Waals surface area contributed by atoms with Gasteiger partial charge in [0.2, 0.25) is 0 Å². The first-order valence-corrected chi connectivity index (χ1v) is 10.7. The molecule has 0 unspecified atom stereocenters. The predicted molar refractivity (Wildman–Crippen MR) is 125 cm³/mol. The molecule has 0 radical (unpaired) electrons. The first-order valence-electron chi connectivity index (χ1n) is 9.96. The second kappa shape index (κ2) is 9.27. The number of hydrogen-bond donors (Lipinski definition) is 1. The average Bonchev–Trinajstić information content (AvgIpc) is 2.76. The molecule has 7 heteroatoms. The van der Waals surface area contributed by atoms with Crippen LogP contribution in [0.25, 0.3) is 10.9 Å². The van der Waals surface area contributed by atoms with E-state index in [4.69, 9.17) is 28.6 Å². The minimum atomic E-state index is -0.0412. The number of hydrogen-bond acceptors (Lipinski definition) is 4. The van der Waals surface area contributed by atoms with Crippen molar-refractivity contribution in [2.45, 2.75) is 13.1 Å². The van der Waals surface area contributed by atoms with Crippen LogP contribution in [0.2, 0.25) is 5.02 Å². The van der Waals surface area contributed by atoms with Gasteiger partial charge in [0, 0.05) is 49.8 Å². The van der Waals surface area contributed by atoms with Crippen molar-refractivity contribution in [3.8, 4) is 0 Å². The third-order valence-corrected chi connectivity index (χ3v) is 5.99. The van der Waals surface area contributed by atoms with E-state index in [9.17, 15) is 4.79 Å². The van der Waals surface area contributed by atoms with Gasteiger partial charge in [-0.2, -0.15) is 0 Å². The third-order valence-electron chi connectivity index (χ3n) is 5.37. The van der Waals surface area contributed by atoms with Crippen LogP contribution in [0.1, 0.15) is 16.7 Å². The van der Waals surface area contributed by atoms with E-state index in [0.717, 1.165) is 49.5 Å². The van der Waals surface area contributed by atoms with Gasteiger partial charge in [0.25, 0.3) is 0 Å². The summed E-state index contributed by atoms with van der Waals surface area (Å²) in [4.78, 5) is 16.0. The van der Waals surface area contributed by atoms with Gasteiger partial charge in [-0.1, -0.05) is 42.0 Å². The van der Waals surface area contributed by atoms with Crippen molar-refractivity contribution in [1.82, 2.24) is 14.8 Å². The Morgan fingerprint density at radius 2 is 1.83 bits per heavy atom. The maximum absolute atomic E-state index is 13.2. The molecule has 0 spiro atoms. The molecule has 156 valence electrons. The van der Waals surface area contributed by atoms with Gasteiger partial charge >= 0.3 is 0 Å². The van der Waals surface area contributed by atoms with Crippen molar-refractivity contribution >= 4 is 39.7 Å². The highest BCUT2D eigenvalue weighted by atomic mass is 35.5. The normalized spacial score (nSPS) is 14.7. The summed E-state index contributed by atoms with van der Waals surface area (Å²) >= 11 is 11.5. The van der Waals surface area contributed by atoms with Crippen molar-refractivity contribution in [1.29, 1.82) is 0 Å². The first-order chi connectivity index (χ1) is 14.5. The maximum atomic E-state index is 13.2. The molecule has 1 aliphatic heterocycles. The minimum absolute atomic E-state index is 0.0412. The van der Waals surface area contributed by atoms with Crippen molar-refractivity contribution < 1.29 is 4.74 Å². The molecule has 2 aromatic carbocycles.